The van der Waals surface area contributed by atoms with Gasteiger partial charge in [0, 0.05) is 19.3 Å². The van der Waals surface area contributed by atoms with E-state index in [1.165, 1.54) is 0 Å². The Morgan fingerprint density at radius 2 is 1.11 bits per heavy atom. The van der Waals surface area contributed by atoms with Crippen LogP contribution in [0.1, 0.15) is 136 Å². The van der Waals surface area contributed by atoms with Crippen molar-refractivity contribution in [3.63, 3.8) is 0 Å². The molecule has 1 rings (SSSR count). The van der Waals surface area contributed by atoms with Gasteiger partial charge in [-0.2, -0.15) is 0 Å². The molecule has 8 nitrogen and oxygen atoms in total. The van der Waals surface area contributed by atoms with E-state index < -0.39 is 57.4 Å². The Labute approximate surface area is 208 Å². The van der Waals surface area contributed by atoms with Gasteiger partial charge in [-0.15, -0.1) is 0 Å². The Bertz CT molecular complexity index is 888. The first-order valence-corrected chi connectivity index (χ1v) is 12.8. The van der Waals surface area contributed by atoms with Crippen LogP contribution < -0.4 is 4.74 Å². The highest BCUT2D eigenvalue weighted by Gasteiger charge is 2.36. The molecule has 0 heterocycles. The monoisotopic (exact) mass is 492 g/mol. The van der Waals surface area contributed by atoms with E-state index in [4.69, 9.17) is 9.47 Å². The minimum absolute atomic E-state index is 0.00681. The van der Waals surface area contributed by atoms with E-state index in [1.54, 1.807) is 6.92 Å². The van der Waals surface area contributed by atoms with Gasteiger partial charge in [-0.05, 0) is 26.2 Å². The summed E-state index contributed by atoms with van der Waals surface area (Å²) in [5, 5.41) is 21.5. The third-order valence-electron chi connectivity index (χ3n) is 5.66. The molecular formula is C27H40O8. The van der Waals surface area contributed by atoms with Gasteiger partial charge < -0.3 is 19.7 Å². The van der Waals surface area contributed by atoms with E-state index in [0.29, 0.717) is 19.3 Å². The quantitative estimate of drug-likeness (QED) is 0.0854. The van der Waals surface area contributed by atoms with E-state index in [9.17, 15) is 29.4 Å². The molecule has 0 saturated carbocycles. The fourth-order valence-corrected chi connectivity index (χ4v) is 3.75. The normalized spacial score (nSPS) is 10.7. The van der Waals surface area contributed by atoms with Crippen molar-refractivity contribution in [1.29, 1.82) is 0 Å². The summed E-state index contributed by atoms with van der Waals surface area (Å²) in [5.41, 5.74) is -1.32. The Morgan fingerprint density at radius 1 is 0.629 bits per heavy atom. The van der Waals surface area contributed by atoms with Crippen LogP contribution in [0.3, 0.4) is 0 Å². The summed E-state index contributed by atoms with van der Waals surface area (Å²) in [5.74, 6) is -5.28. The summed E-state index contributed by atoms with van der Waals surface area (Å²) in [4.78, 5) is 51.9. The van der Waals surface area contributed by atoms with Gasteiger partial charge in [0.25, 0.3) is 0 Å². The van der Waals surface area contributed by atoms with Gasteiger partial charge in [0.2, 0.25) is 5.75 Å². The molecule has 0 radical (unpaired) electrons. The van der Waals surface area contributed by atoms with Crippen molar-refractivity contribution >= 4 is 23.5 Å². The molecule has 0 atom stereocenters. The van der Waals surface area contributed by atoms with Crippen LogP contribution in [-0.4, -0.2) is 40.3 Å². The molecule has 1 aromatic rings. The highest BCUT2D eigenvalue weighted by Crippen LogP contribution is 2.46. The van der Waals surface area contributed by atoms with Crippen molar-refractivity contribution in [2.24, 2.45) is 0 Å². The van der Waals surface area contributed by atoms with E-state index in [1.807, 2.05) is 20.8 Å². The molecule has 196 valence electrons. The molecule has 0 unspecified atom stereocenters. The number of unbranched alkanes of at least 4 members (excludes halogenated alkanes) is 6. The highest BCUT2D eigenvalue weighted by molar-refractivity contribution is 6.17. The molecule has 0 saturated heterocycles. The first-order chi connectivity index (χ1) is 16.7. The predicted octanol–water partition coefficient (Wildman–Crippen LogP) is 6.29. The second-order valence-electron chi connectivity index (χ2n) is 8.56. The number of esters is 2. The predicted molar refractivity (Wildman–Crippen MR) is 132 cm³/mol. The van der Waals surface area contributed by atoms with Crippen molar-refractivity contribution in [2.45, 2.75) is 105 Å². The zero-order chi connectivity index (χ0) is 26.4. The number of ether oxygens (including phenoxy) is 2. The maximum atomic E-state index is 13.3. The van der Waals surface area contributed by atoms with Crippen molar-refractivity contribution < 1.29 is 38.9 Å². The molecule has 8 heteroatoms. The fourth-order valence-electron chi connectivity index (χ4n) is 3.75. The third-order valence-corrected chi connectivity index (χ3v) is 5.66. The van der Waals surface area contributed by atoms with Gasteiger partial charge in [-0.1, -0.05) is 59.3 Å². The first-order valence-electron chi connectivity index (χ1n) is 12.8. The number of hydrogen-bond donors (Lipinski definition) is 2. The smallest absolute Gasteiger partial charge is 0.339 e. The fraction of sp³-hybridized carbons (Fsp3) is 0.630. The van der Waals surface area contributed by atoms with Crippen molar-refractivity contribution in [3.8, 4) is 17.2 Å². The minimum Gasteiger partial charge on any atom is -0.504 e. The lowest BCUT2D eigenvalue weighted by molar-refractivity contribution is -0.134. The largest absolute Gasteiger partial charge is 0.504 e. The number of benzene rings is 1. The van der Waals surface area contributed by atoms with Crippen molar-refractivity contribution in [3.05, 3.63) is 16.7 Å². The standard InChI is InChI=1S/C27H40O8/c1-5-9-12-15-18(28)21-23(27(33)34-8-4)22(19(29)16-13-10-6-2)26(25(32)24(21)31)35-20(30)17-14-11-7-3/h31-32H,5-17H2,1-4H3. The van der Waals surface area contributed by atoms with Crippen LogP contribution >= 0.6 is 0 Å². The molecule has 0 bridgehead atoms. The molecule has 0 aliphatic rings. The number of Topliss-reactive ketones (excluding diaryl/α,β-unsaturated/α-hetero) is 2. The maximum Gasteiger partial charge on any atom is 0.339 e. The van der Waals surface area contributed by atoms with Gasteiger partial charge in [0.1, 0.15) is 0 Å². The molecule has 0 aliphatic carbocycles. The topological polar surface area (TPSA) is 127 Å². The SMILES string of the molecule is CCCCCC(=O)Oc1c(O)c(O)c(C(=O)CCCCC)c(C(=O)OCC)c1C(=O)CCCCC. The summed E-state index contributed by atoms with van der Waals surface area (Å²) in [7, 11) is 0. The van der Waals surface area contributed by atoms with Gasteiger partial charge in [0.15, 0.2) is 23.1 Å². The van der Waals surface area contributed by atoms with E-state index in [2.05, 4.69) is 0 Å². The average Bonchev–Trinajstić information content (AvgIpc) is 2.82. The number of aromatic hydroxyl groups is 2. The van der Waals surface area contributed by atoms with Crippen LogP contribution in [0.5, 0.6) is 17.2 Å². The summed E-state index contributed by atoms with van der Waals surface area (Å²) in [6, 6.07) is 0. The zero-order valence-electron chi connectivity index (χ0n) is 21.5. The van der Waals surface area contributed by atoms with Crippen LogP contribution in [0.25, 0.3) is 0 Å². The highest BCUT2D eigenvalue weighted by atomic mass is 16.5. The van der Waals surface area contributed by atoms with Crippen LogP contribution in [0.4, 0.5) is 0 Å². The average molecular weight is 493 g/mol. The number of phenols is 2. The molecule has 2 N–H and O–H groups in total. The van der Waals surface area contributed by atoms with Crippen LogP contribution in [0.15, 0.2) is 0 Å². The van der Waals surface area contributed by atoms with Gasteiger partial charge in [0.05, 0.1) is 23.3 Å². The molecule has 0 aromatic heterocycles. The summed E-state index contributed by atoms with van der Waals surface area (Å²) < 4.78 is 10.5. The van der Waals surface area contributed by atoms with Crippen LogP contribution in [0.2, 0.25) is 0 Å². The molecule has 0 fully saturated rings. The van der Waals surface area contributed by atoms with E-state index in [0.717, 1.165) is 38.5 Å². The van der Waals surface area contributed by atoms with Crippen LogP contribution in [-0.2, 0) is 9.53 Å². The lowest BCUT2D eigenvalue weighted by Crippen LogP contribution is -2.21. The summed E-state index contributed by atoms with van der Waals surface area (Å²) in [6.45, 7) is 7.44. The Balaban J connectivity index is 3.73. The van der Waals surface area contributed by atoms with Gasteiger partial charge in [-0.25, -0.2) is 4.79 Å². The van der Waals surface area contributed by atoms with E-state index in [-0.39, 0.29) is 25.9 Å². The van der Waals surface area contributed by atoms with Crippen molar-refractivity contribution in [2.75, 3.05) is 6.61 Å². The van der Waals surface area contributed by atoms with Crippen molar-refractivity contribution in [1.82, 2.24) is 0 Å². The van der Waals surface area contributed by atoms with E-state index >= 15 is 0 Å². The Hall–Kier alpha value is -2.90. The summed E-state index contributed by atoms with van der Waals surface area (Å²) >= 11 is 0. The molecule has 0 aliphatic heterocycles. The second-order valence-corrected chi connectivity index (χ2v) is 8.56. The maximum absolute atomic E-state index is 13.3. The van der Waals surface area contributed by atoms with Crippen LogP contribution in [0, 0.1) is 0 Å². The molecule has 0 amide bonds. The molecule has 0 spiro atoms. The lowest BCUT2D eigenvalue weighted by atomic mass is 9.89. The molecule has 1 aromatic carbocycles. The Morgan fingerprint density at radius 3 is 1.60 bits per heavy atom. The van der Waals surface area contributed by atoms with Gasteiger partial charge >= 0.3 is 11.9 Å². The Kier molecular flexibility index (Phi) is 13.7. The minimum atomic E-state index is -0.997. The third kappa shape index (κ3) is 8.67. The zero-order valence-corrected chi connectivity index (χ0v) is 21.5. The molecular weight excluding hydrogens is 452 g/mol. The number of carbonyl (C=O) groups is 4. The number of rotatable bonds is 17. The lowest BCUT2D eigenvalue weighted by Gasteiger charge is -2.19. The number of hydrogen-bond acceptors (Lipinski definition) is 8. The molecule has 35 heavy (non-hydrogen) atoms. The number of phenolic OH excluding ortho intramolecular Hbond substituents is 2. The first kappa shape index (κ1) is 30.1. The summed E-state index contributed by atoms with van der Waals surface area (Å²) in [6.07, 6.45) is 6.46. The number of carbonyl (C=O) groups excluding carboxylic acids is 4. The number of ketones is 2. The van der Waals surface area contributed by atoms with Gasteiger partial charge in [-0.3, -0.25) is 14.4 Å². The second kappa shape index (κ2) is 15.9.